The Morgan fingerprint density at radius 1 is 1.05 bits per heavy atom. The van der Waals surface area contributed by atoms with Gasteiger partial charge in [-0.2, -0.15) is 13.2 Å². The van der Waals surface area contributed by atoms with Crippen molar-refractivity contribution in [2.24, 2.45) is 0 Å². The standard InChI is InChI=1S/C31H39F4N3OS/c1-5-9-22-13-14-29(36-19-22)24-16-25(31(33,34)35)18-27(17-24)40-38(4)21-26(39)20-37-30(2,3)15-8-11-23-10-6-7-12-28(23)32/h6-7,10,12-14,16-19,26,37,39H,5,8-9,11,15,20-21H2,1-4H3. The number of likely N-dealkylation sites (N-methyl/N-ethyl adjacent to an activating group) is 1. The minimum Gasteiger partial charge on any atom is -0.390 e. The molecule has 9 heteroatoms. The van der Waals surface area contributed by atoms with Crippen LogP contribution in [0.1, 0.15) is 56.7 Å². The summed E-state index contributed by atoms with van der Waals surface area (Å²) in [5, 5.41) is 14.0. The van der Waals surface area contributed by atoms with Crippen LogP contribution in [0.25, 0.3) is 11.3 Å². The van der Waals surface area contributed by atoms with Gasteiger partial charge in [0, 0.05) is 35.3 Å². The van der Waals surface area contributed by atoms with Gasteiger partial charge in [0.05, 0.1) is 17.4 Å². The van der Waals surface area contributed by atoms with Crippen molar-refractivity contribution in [1.29, 1.82) is 0 Å². The van der Waals surface area contributed by atoms with Crippen molar-refractivity contribution in [2.45, 2.75) is 75.6 Å². The number of aromatic nitrogens is 1. The van der Waals surface area contributed by atoms with Gasteiger partial charge >= 0.3 is 6.18 Å². The molecule has 218 valence electrons. The van der Waals surface area contributed by atoms with Gasteiger partial charge in [0.25, 0.3) is 0 Å². The molecular formula is C31H39F4N3OS. The predicted molar refractivity (Wildman–Crippen MR) is 155 cm³/mol. The van der Waals surface area contributed by atoms with E-state index in [4.69, 9.17) is 0 Å². The highest BCUT2D eigenvalue weighted by atomic mass is 32.2. The lowest BCUT2D eigenvalue weighted by Gasteiger charge is -2.29. The second-order valence-electron chi connectivity index (χ2n) is 10.8. The molecule has 3 aromatic rings. The summed E-state index contributed by atoms with van der Waals surface area (Å²) in [6, 6.07) is 14.4. The van der Waals surface area contributed by atoms with Gasteiger partial charge in [0.2, 0.25) is 0 Å². The van der Waals surface area contributed by atoms with E-state index in [-0.39, 0.29) is 17.9 Å². The fourth-order valence-corrected chi connectivity index (χ4v) is 5.44. The van der Waals surface area contributed by atoms with Crippen molar-refractivity contribution in [1.82, 2.24) is 14.6 Å². The summed E-state index contributed by atoms with van der Waals surface area (Å²) in [6.07, 6.45) is 0.532. The van der Waals surface area contributed by atoms with Crippen molar-refractivity contribution in [2.75, 3.05) is 20.1 Å². The fraction of sp³-hybridized carbons (Fsp3) is 0.452. The number of β-amino-alcohol motifs (C(OH)–C–C–N with tert-alkyl or cyclic N) is 1. The van der Waals surface area contributed by atoms with Gasteiger partial charge in [0.15, 0.2) is 0 Å². The molecule has 0 radical (unpaired) electrons. The zero-order valence-corrected chi connectivity index (χ0v) is 24.4. The highest BCUT2D eigenvalue weighted by Crippen LogP contribution is 2.36. The fourth-order valence-electron chi connectivity index (χ4n) is 4.48. The summed E-state index contributed by atoms with van der Waals surface area (Å²) in [5.41, 5.74) is 1.61. The first kappa shape index (κ1) is 32.1. The lowest BCUT2D eigenvalue weighted by Crippen LogP contribution is -2.45. The van der Waals surface area contributed by atoms with E-state index in [2.05, 4.69) is 17.2 Å². The van der Waals surface area contributed by atoms with Gasteiger partial charge in [-0.05, 0) is 100.0 Å². The first-order chi connectivity index (χ1) is 18.9. The molecule has 0 saturated heterocycles. The molecule has 0 saturated carbocycles. The van der Waals surface area contributed by atoms with E-state index in [0.29, 0.717) is 34.7 Å². The maximum absolute atomic E-state index is 13.9. The first-order valence-corrected chi connectivity index (χ1v) is 14.4. The number of hydrogen-bond donors (Lipinski definition) is 2. The third-order valence-corrected chi connectivity index (χ3v) is 7.55. The molecule has 0 amide bonds. The highest BCUT2D eigenvalue weighted by Gasteiger charge is 2.31. The van der Waals surface area contributed by atoms with E-state index in [1.54, 1.807) is 41.8 Å². The van der Waals surface area contributed by atoms with E-state index in [1.165, 1.54) is 6.07 Å². The predicted octanol–water partition coefficient (Wildman–Crippen LogP) is 7.55. The lowest BCUT2D eigenvalue weighted by atomic mass is 9.95. The minimum absolute atomic E-state index is 0.196. The van der Waals surface area contributed by atoms with Crippen LogP contribution in [0.5, 0.6) is 0 Å². The summed E-state index contributed by atoms with van der Waals surface area (Å²) in [6.45, 7) is 6.70. The van der Waals surface area contributed by atoms with Gasteiger partial charge < -0.3 is 10.4 Å². The number of rotatable bonds is 14. The van der Waals surface area contributed by atoms with Crippen LogP contribution in [-0.2, 0) is 19.0 Å². The molecule has 0 bridgehead atoms. The third-order valence-electron chi connectivity index (χ3n) is 6.64. The molecule has 0 aliphatic carbocycles. The Hall–Kier alpha value is -2.46. The maximum Gasteiger partial charge on any atom is 0.416 e. The van der Waals surface area contributed by atoms with E-state index in [9.17, 15) is 22.7 Å². The number of pyridine rings is 1. The maximum atomic E-state index is 13.9. The summed E-state index contributed by atoms with van der Waals surface area (Å²) >= 11 is 1.15. The van der Waals surface area contributed by atoms with E-state index in [0.717, 1.165) is 55.3 Å². The number of nitrogens with zero attached hydrogens (tertiary/aromatic N) is 2. The van der Waals surface area contributed by atoms with Crippen LogP contribution in [0.2, 0.25) is 0 Å². The number of aryl methyl sites for hydroxylation is 2. The smallest absolute Gasteiger partial charge is 0.390 e. The van der Waals surface area contributed by atoms with E-state index < -0.39 is 17.8 Å². The summed E-state index contributed by atoms with van der Waals surface area (Å²) in [4.78, 5) is 4.81. The summed E-state index contributed by atoms with van der Waals surface area (Å²) in [5.74, 6) is -0.196. The molecule has 0 aliphatic heterocycles. The summed E-state index contributed by atoms with van der Waals surface area (Å²) < 4.78 is 56.6. The Morgan fingerprint density at radius 2 is 1.80 bits per heavy atom. The SMILES string of the molecule is CCCc1ccc(-c2cc(SN(C)CC(O)CNC(C)(C)CCCc3ccccc3F)cc(C(F)(F)F)c2)nc1. The Morgan fingerprint density at radius 3 is 2.45 bits per heavy atom. The Kier molecular flexibility index (Phi) is 11.6. The van der Waals surface area contributed by atoms with Crippen molar-refractivity contribution < 1.29 is 22.7 Å². The van der Waals surface area contributed by atoms with Gasteiger partial charge in [-0.15, -0.1) is 0 Å². The number of alkyl halides is 3. The Balaban J connectivity index is 1.57. The molecule has 3 rings (SSSR count). The number of aliphatic hydroxyl groups is 1. The second kappa shape index (κ2) is 14.4. The van der Waals surface area contributed by atoms with Crippen molar-refractivity contribution in [3.63, 3.8) is 0 Å². The molecule has 1 unspecified atom stereocenters. The van der Waals surface area contributed by atoms with Crippen LogP contribution in [0.4, 0.5) is 17.6 Å². The molecule has 40 heavy (non-hydrogen) atoms. The Bertz CT molecular complexity index is 1220. The monoisotopic (exact) mass is 577 g/mol. The average Bonchev–Trinajstić information content (AvgIpc) is 2.88. The van der Waals surface area contributed by atoms with Crippen molar-refractivity contribution >= 4 is 11.9 Å². The molecule has 1 atom stereocenters. The molecule has 1 heterocycles. The van der Waals surface area contributed by atoms with Gasteiger partial charge in [-0.3, -0.25) is 4.98 Å². The zero-order chi connectivity index (χ0) is 29.3. The van der Waals surface area contributed by atoms with Crippen LogP contribution >= 0.6 is 11.9 Å². The van der Waals surface area contributed by atoms with Crippen LogP contribution in [0.15, 0.2) is 65.7 Å². The minimum atomic E-state index is -4.49. The molecule has 2 N–H and O–H groups in total. The van der Waals surface area contributed by atoms with Gasteiger partial charge in [0.1, 0.15) is 5.82 Å². The highest BCUT2D eigenvalue weighted by molar-refractivity contribution is 7.97. The molecular weight excluding hydrogens is 538 g/mol. The van der Waals surface area contributed by atoms with Crippen LogP contribution < -0.4 is 5.32 Å². The van der Waals surface area contributed by atoms with Gasteiger partial charge in [-0.1, -0.05) is 37.6 Å². The number of hydrogen-bond acceptors (Lipinski definition) is 5. The quantitative estimate of drug-likeness (QED) is 0.153. The Labute approximate surface area is 239 Å². The van der Waals surface area contributed by atoms with Crippen molar-refractivity contribution in [3.8, 4) is 11.3 Å². The lowest BCUT2D eigenvalue weighted by molar-refractivity contribution is -0.137. The zero-order valence-electron chi connectivity index (χ0n) is 23.6. The van der Waals surface area contributed by atoms with Crippen molar-refractivity contribution in [3.05, 3.63) is 83.3 Å². The number of benzene rings is 2. The van der Waals surface area contributed by atoms with E-state index >= 15 is 0 Å². The molecule has 4 nitrogen and oxygen atoms in total. The van der Waals surface area contributed by atoms with Crippen LogP contribution in [-0.4, -0.2) is 46.2 Å². The molecule has 0 spiro atoms. The molecule has 2 aromatic carbocycles. The molecule has 0 fully saturated rings. The average molecular weight is 578 g/mol. The molecule has 0 aliphatic rings. The largest absolute Gasteiger partial charge is 0.416 e. The summed E-state index contributed by atoms with van der Waals surface area (Å²) in [7, 11) is 1.74. The first-order valence-electron chi connectivity index (χ1n) is 13.6. The van der Waals surface area contributed by atoms with Crippen LogP contribution in [0.3, 0.4) is 0 Å². The van der Waals surface area contributed by atoms with Gasteiger partial charge in [-0.25, -0.2) is 8.70 Å². The third kappa shape index (κ3) is 10.2. The van der Waals surface area contributed by atoms with Crippen LogP contribution in [0, 0.1) is 5.82 Å². The second-order valence-corrected chi connectivity index (χ2v) is 12.1. The number of halogens is 4. The van der Waals surface area contributed by atoms with E-state index in [1.807, 2.05) is 26.0 Å². The number of aliphatic hydroxyl groups excluding tert-OH is 1. The molecule has 1 aromatic heterocycles. The topological polar surface area (TPSA) is 48.4 Å². The normalized spacial score (nSPS) is 13.2. The number of nitrogens with one attached hydrogen (secondary N) is 1.